The van der Waals surface area contributed by atoms with E-state index < -0.39 is 6.04 Å². The minimum Gasteiger partial charge on any atom is -0.484 e. The van der Waals surface area contributed by atoms with E-state index in [1.165, 1.54) is 0 Å². The number of amides is 2. The topological polar surface area (TPSA) is 58.6 Å². The third-order valence-electron chi connectivity index (χ3n) is 5.50. The van der Waals surface area contributed by atoms with Gasteiger partial charge in [-0.2, -0.15) is 0 Å². The van der Waals surface area contributed by atoms with E-state index >= 15 is 0 Å². The Bertz CT molecular complexity index is 1070. The quantitative estimate of drug-likeness (QED) is 0.502. The highest BCUT2D eigenvalue weighted by Gasteiger charge is 2.30. The monoisotopic (exact) mass is 444 g/mol. The van der Waals surface area contributed by atoms with Gasteiger partial charge in [0.15, 0.2) is 6.61 Å². The lowest BCUT2D eigenvalue weighted by atomic mass is 10.0. The Morgan fingerprint density at radius 3 is 2.30 bits per heavy atom. The van der Waals surface area contributed by atoms with Crippen LogP contribution in [0.25, 0.3) is 0 Å². The number of ether oxygens (including phenoxy) is 1. The third-order valence-corrected chi connectivity index (χ3v) is 5.50. The maximum Gasteiger partial charge on any atom is 0.261 e. The Morgan fingerprint density at radius 2 is 1.61 bits per heavy atom. The lowest BCUT2D eigenvalue weighted by Crippen LogP contribution is -2.51. The van der Waals surface area contributed by atoms with Crippen LogP contribution < -0.4 is 10.1 Å². The van der Waals surface area contributed by atoms with Crippen LogP contribution in [0.4, 0.5) is 0 Å². The predicted octanol–water partition coefficient (Wildman–Crippen LogP) is 4.46. The van der Waals surface area contributed by atoms with Crippen LogP contribution in [-0.4, -0.2) is 35.9 Å². The molecule has 3 aromatic carbocycles. The minimum absolute atomic E-state index is 0.138. The van der Waals surface area contributed by atoms with E-state index in [1.807, 2.05) is 99.6 Å². The van der Waals surface area contributed by atoms with E-state index in [0.29, 0.717) is 25.3 Å². The fraction of sp³-hybridized carbons (Fsp3) is 0.286. The first-order valence-electron chi connectivity index (χ1n) is 11.3. The van der Waals surface area contributed by atoms with E-state index in [1.54, 1.807) is 4.90 Å². The molecule has 0 aromatic heterocycles. The van der Waals surface area contributed by atoms with E-state index in [0.717, 1.165) is 22.3 Å². The number of nitrogens with one attached hydrogen (secondary N) is 1. The Morgan fingerprint density at radius 1 is 0.909 bits per heavy atom. The molecule has 1 unspecified atom stereocenters. The number of aryl methyl sites for hydroxylation is 2. The normalized spacial score (nSPS) is 11.5. The minimum atomic E-state index is -0.652. The summed E-state index contributed by atoms with van der Waals surface area (Å²) in [5.41, 5.74) is 4.03. The van der Waals surface area contributed by atoms with Crippen molar-refractivity contribution < 1.29 is 14.3 Å². The molecule has 5 heteroatoms. The lowest BCUT2D eigenvalue weighted by Gasteiger charge is -2.31. The molecule has 0 fully saturated rings. The van der Waals surface area contributed by atoms with Gasteiger partial charge in [-0.25, -0.2) is 0 Å². The molecule has 172 valence electrons. The van der Waals surface area contributed by atoms with Crippen molar-refractivity contribution >= 4 is 11.8 Å². The summed E-state index contributed by atoms with van der Waals surface area (Å²) in [6, 6.07) is 24.7. The Kier molecular flexibility index (Phi) is 8.64. The molecule has 0 saturated heterocycles. The summed E-state index contributed by atoms with van der Waals surface area (Å²) in [5.74, 6) is 0.268. The second kappa shape index (κ2) is 11.9. The Hall–Kier alpha value is -3.60. The zero-order valence-electron chi connectivity index (χ0n) is 19.6. The van der Waals surface area contributed by atoms with Gasteiger partial charge in [0.05, 0.1) is 0 Å². The molecule has 33 heavy (non-hydrogen) atoms. The molecule has 3 aromatic rings. The van der Waals surface area contributed by atoms with Crippen LogP contribution in [0.1, 0.15) is 29.2 Å². The molecule has 0 aliphatic rings. The molecule has 0 heterocycles. The summed E-state index contributed by atoms with van der Waals surface area (Å²) in [6.07, 6.45) is 0.425. The molecule has 0 aliphatic heterocycles. The van der Waals surface area contributed by atoms with Crippen molar-refractivity contribution in [1.29, 1.82) is 0 Å². The fourth-order valence-electron chi connectivity index (χ4n) is 3.79. The predicted molar refractivity (Wildman–Crippen MR) is 131 cm³/mol. The van der Waals surface area contributed by atoms with Crippen molar-refractivity contribution in [1.82, 2.24) is 10.2 Å². The lowest BCUT2D eigenvalue weighted by molar-refractivity contribution is -0.142. The first kappa shape index (κ1) is 24.1. The number of carbonyl (C=O) groups is 2. The maximum atomic E-state index is 13.5. The number of carbonyl (C=O) groups excluding carboxylic acids is 2. The molecule has 0 radical (unpaired) electrons. The number of nitrogens with zero attached hydrogens (tertiary/aromatic N) is 1. The number of para-hydroxylation sites is 1. The smallest absolute Gasteiger partial charge is 0.261 e. The van der Waals surface area contributed by atoms with Crippen LogP contribution in [0, 0.1) is 13.8 Å². The molecule has 0 saturated carbocycles. The molecule has 3 rings (SSSR count). The van der Waals surface area contributed by atoms with Crippen molar-refractivity contribution in [2.45, 2.75) is 39.8 Å². The molecule has 1 N–H and O–H groups in total. The van der Waals surface area contributed by atoms with E-state index in [9.17, 15) is 9.59 Å². The van der Waals surface area contributed by atoms with Crippen LogP contribution in [0.15, 0.2) is 78.9 Å². The van der Waals surface area contributed by atoms with Crippen molar-refractivity contribution in [2.75, 3.05) is 13.2 Å². The summed E-state index contributed by atoms with van der Waals surface area (Å²) < 4.78 is 5.86. The summed E-state index contributed by atoms with van der Waals surface area (Å²) >= 11 is 0. The van der Waals surface area contributed by atoms with Gasteiger partial charge < -0.3 is 15.0 Å². The summed E-state index contributed by atoms with van der Waals surface area (Å²) in [5, 5.41) is 2.91. The van der Waals surface area contributed by atoms with Crippen LogP contribution in [0.2, 0.25) is 0 Å². The van der Waals surface area contributed by atoms with Gasteiger partial charge in [-0.1, -0.05) is 78.4 Å². The maximum absolute atomic E-state index is 13.5. The molecular weight excluding hydrogens is 412 g/mol. The molecule has 2 amide bonds. The molecule has 0 spiro atoms. The van der Waals surface area contributed by atoms with E-state index in [-0.39, 0.29) is 18.4 Å². The first-order valence-corrected chi connectivity index (χ1v) is 11.3. The average molecular weight is 445 g/mol. The van der Waals surface area contributed by atoms with Crippen LogP contribution in [0.3, 0.4) is 0 Å². The molecule has 1 atom stereocenters. The second-order valence-electron chi connectivity index (χ2n) is 8.16. The number of likely N-dealkylation sites (N-methyl/N-ethyl adjacent to an activating group) is 1. The number of benzene rings is 3. The summed E-state index contributed by atoms with van der Waals surface area (Å²) in [4.78, 5) is 28.3. The van der Waals surface area contributed by atoms with Gasteiger partial charge >= 0.3 is 0 Å². The van der Waals surface area contributed by atoms with Crippen molar-refractivity contribution in [2.24, 2.45) is 0 Å². The number of hydrogen-bond donors (Lipinski definition) is 1. The van der Waals surface area contributed by atoms with Gasteiger partial charge in [0.1, 0.15) is 11.8 Å². The summed E-state index contributed by atoms with van der Waals surface area (Å²) in [6.45, 7) is 6.52. The highest BCUT2D eigenvalue weighted by Crippen LogP contribution is 2.19. The van der Waals surface area contributed by atoms with Crippen LogP contribution in [0.5, 0.6) is 5.75 Å². The molecule has 5 nitrogen and oxygen atoms in total. The SMILES string of the molecule is CCNC(=O)C(Cc1ccccc1)N(Cc1cccc(C)c1)C(=O)COc1ccccc1C. The number of rotatable bonds is 10. The van der Waals surface area contributed by atoms with Crippen molar-refractivity contribution in [3.63, 3.8) is 0 Å². The average Bonchev–Trinajstić information content (AvgIpc) is 2.81. The van der Waals surface area contributed by atoms with Gasteiger partial charge in [0.2, 0.25) is 5.91 Å². The van der Waals surface area contributed by atoms with Crippen molar-refractivity contribution in [3.05, 3.63) is 101 Å². The fourth-order valence-corrected chi connectivity index (χ4v) is 3.79. The Balaban J connectivity index is 1.90. The van der Waals surface area contributed by atoms with Crippen LogP contribution in [-0.2, 0) is 22.6 Å². The van der Waals surface area contributed by atoms with Gasteiger partial charge in [-0.05, 0) is 43.5 Å². The Labute approximate surface area is 196 Å². The zero-order valence-corrected chi connectivity index (χ0v) is 19.6. The van der Waals surface area contributed by atoms with Crippen molar-refractivity contribution in [3.8, 4) is 5.75 Å². The third kappa shape index (κ3) is 6.94. The highest BCUT2D eigenvalue weighted by molar-refractivity contribution is 5.88. The van der Waals surface area contributed by atoms with Gasteiger partial charge in [-0.3, -0.25) is 9.59 Å². The van der Waals surface area contributed by atoms with Gasteiger partial charge in [0, 0.05) is 19.5 Å². The largest absolute Gasteiger partial charge is 0.484 e. The molecule has 0 bridgehead atoms. The zero-order chi connectivity index (χ0) is 23.6. The summed E-state index contributed by atoms with van der Waals surface area (Å²) in [7, 11) is 0. The van der Waals surface area contributed by atoms with E-state index in [2.05, 4.69) is 5.32 Å². The first-order chi connectivity index (χ1) is 16.0. The van der Waals surface area contributed by atoms with E-state index in [4.69, 9.17) is 4.74 Å². The number of hydrogen-bond acceptors (Lipinski definition) is 3. The van der Waals surface area contributed by atoms with Gasteiger partial charge in [-0.15, -0.1) is 0 Å². The van der Waals surface area contributed by atoms with Crippen LogP contribution >= 0.6 is 0 Å². The molecular formula is C28H32N2O3. The highest BCUT2D eigenvalue weighted by atomic mass is 16.5. The second-order valence-corrected chi connectivity index (χ2v) is 8.16. The van der Waals surface area contributed by atoms with Gasteiger partial charge in [0.25, 0.3) is 5.91 Å². The standard InChI is InChI=1S/C28H32N2O3/c1-4-29-28(32)25(18-23-13-6-5-7-14-23)30(19-24-15-10-11-21(2)17-24)27(31)20-33-26-16-9-8-12-22(26)3/h5-17,25H,4,18-20H2,1-3H3,(H,29,32). The molecule has 0 aliphatic carbocycles.